The zero-order valence-electron chi connectivity index (χ0n) is 12.2. The molecule has 3 rings (SSSR count). The van der Waals surface area contributed by atoms with Gasteiger partial charge in [0.1, 0.15) is 6.10 Å². The van der Waals surface area contributed by atoms with Crippen molar-refractivity contribution in [3.8, 4) is 6.07 Å². The summed E-state index contributed by atoms with van der Waals surface area (Å²) in [7, 11) is 0. The van der Waals surface area contributed by atoms with Gasteiger partial charge in [0.2, 0.25) is 0 Å². The number of rotatable bonds is 4. The monoisotopic (exact) mass is 347 g/mol. The van der Waals surface area contributed by atoms with E-state index in [1.165, 1.54) is 11.8 Å². The van der Waals surface area contributed by atoms with E-state index >= 15 is 0 Å². The Kier molecular flexibility index (Phi) is 4.89. The Labute approximate surface area is 143 Å². The predicted octanol–water partition coefficient (Wildman–Crippen LogP) is 2.75. The number of alkyl halides is 1. The second-order valence-corrected chi connectivity index (χ2v) is 7.23. The van der Waals surface area contributed by atoms with Gasteiger partial charge >= 0.3 is 0 Å². The van der Waals surface area contributed by atoms with Crippen molar-refractivity contribution >= 4 is 35.0 Å². The summed E-state index contributed by atoms with van der Waals surface area (Å²) in [4.78, 5) is 18.0. The van der Waals surface area contributed by atoms with Gasteiger partial charge in [-0.3, -0.25) is 4.79 Å². The number of nitrogens with zero attached hydrogens (tertiary/aromatic N) is 2. The van der Waals surface area contributed by atoms with Crippen LogP contribution in [-0.2, 0) is 9.63 Å². The number of carbonyl (C=O) groups excluding carboxylic acids is 1. The number of benzene rings is 1. The summed E-state index contributed by atoms with van der Waals surface area (Å²) in [5.41, 5.74) is 2.36. The minimum Gasteiger partial charge on any atom is -0.390 e. The number of allylic oxidation sites excluding steroid dienone is 1. The van der Waals surface area contributed by atoms with Crippen molar-refractivity contribution in [3.63, 3.8) is 0 Å². The van der Waals surface area contributed by atoms with Gasteiger partial charge in [-0.15, -0.1) is 23.4 Å². The molecule has 118 valence electrons. The van der Waals surface area contributed by atoms with E-state index in [2.05, 4.69) is 16.5 Å². The lowest BCUT2D eigenvalue weighted by Crippen LogP contribution is -2.32. The molecule has 0 radical (unpaired) electrons. The average molecular weight is 348 g/mol. The SMILES string of the molecule is N#Cc1ccc(C2=NOC(CNC(=O)C3=CCC(Cl)S3)C2)cc1. The van der Waals surface area contributed by atoms with Gasteiger partial charge in [-0.1, -0.05) is 23.4 Å². The van der Waals surface area contributed by atoms with Gasteiger partial charge in [0.05, 0.1) is 33.5 Å². The van der Waals surface area contributed by atoms with Gasteiger partial charge in [0, 0.05) is 6.42 Å². The molecule has 0 saturated heterocycles. The summed E-state index contributed by atoms with van der Waals surface area (Å²) in [6.07, 6.45) is 3.01. The maximum absolute atomic E-state index is 12.0. The number of hydrogen-bond acceptors (Lipinski definition) is 5. The third kappa shape index (κ3) is 3.87. The first-order chi connectivity index (χ1) is 11.2. The van der Waals surface area contributed by atoms with Crippen LogP contribution in [0.3, 0.4) is 0 Å². The molecule has 0 bridgehead atoms. The lowest BCUT2D eigenvalue weighted by molar-refractivity contribution is -0.117. The summed E-state index contributed by atoms with van der Waals surface area (Å²) in [5, 5.41) is 15.7. The van der Waals surface area contributed by atoms with Crippen molar-refractivity contribution in [2.45, 2.75) is 23.7 Å². The number of nitriles is 1. The molecule has 2 heterocycles. The fourth-order valence-corrected chi connectivity index (χ4v) is 3.54. The molecule has 1 aromatic rings. The van der Waals surface area contributed by atoms with Crippen LogP contribution < -0.4 is 5.32 Å². The molecule has 2 aliphatic rings. The smallest absolute Gasteiger partial charge is 0.257 e. The standard InChI is InChI=1S/C16H14ClN3O2S/c17-15-6-5-14(23-15)16(21)19-9-12-7-13(20-22-12)11-3-1-10(8-18)2-4-11/h1-5,12,15H,6-7,9H2,(H,19,21). The van der Waals surface area contributed by atoms with Crippen molar-refractivity contribution in [2.75, 3.05) is 6.54 Å². The van der Waals surface area contributed by atoms with Crippen LogP contribution in [0.5, 0.6) is 0 Å². The van der Waals surface area contributed by atoms with E-state index in [1.807, 2.05) is 18.2 Å². The van der Waals surface area contributed by atoms with Crippen LogP contribution in [0.25, 0.3) is 0 Å². The first-order valence-electron chi connectivity index (χ1n) is 7.18. The quantitative estimate of drug-likeness (QED) is 0.850. The fourth-order valence-electron chi connectivity index (χ4n) is 2.32. The highest BCUT2D eigenvalue weighted by Crippen LogP contribution is 2.34. The van der Waals surface area contributed by atoms with E-state index in [9.17, 15) is 4.79 Å². The molecular weight excluding hydrogens is 334 g/mol. The molecule has 0 aliphatic carbocycles. The summed E-state index contributed by atoms with van der Waals surface area (Å²) in [6.45, 7) is 0.396. The van der Waals surface area contributed by atoms with Gasteiger partial charge in [0.25, 0.3) is 5.91 Å². The predicted molar refractivity (Wildman–Crippen MR) is 90.1 cm³/mol. The zero-order chi connectivity index (χ0) is 16.2. The number of oxime groups is 1. The number of thioether (sulfide) groups is 1. The molecule has 5 nitrogen and oxygen atoms in total. The minimum atomic E-state index is -0.177. The van der Waals surface area contributed by atoms with E-state index in [1.54, 1.807) is 12.1 Å². The van der Waals surface area contributed by atoms with Crippen LogP contribution in [0.1, 0.15) is 24.0 Å². The van der Waals surface area contributed by atoms with Crippen molar-refractivity contribution in [1.82, 2.24) is 5.32 Å². The molecule has 23 heavy (non-hydrogen) atoms. The van der Waals surface area contributed by atoms with Gasteiger partial charge in [0.15, 0.2) is 0 Å². The van der Waals surface area contributed by atoms with Crippen LogP contribution in [0.15, 0.2) is 40.4 Å². The Morgan fingerprint density at radius 1 is 1.48 bits per heavy atom. The first kappa shape index (κ1) is 15.9. The molecule has 2 atom stereocenters. The molecule has 1 N–H and O–H groups in total. The molecule has 1 aromatic carbocycles. The van der Waals surface area contributed by atoms with Crippen molar-refractivity contribution in [3.05, 3.63) is 46.4 Å². The fraction of sp³-hybridized carbons (Fsp3) is 0.312. The third-order valence-corrected chi connectivity index (χ3v) is 5.04. The minimum absolute atomic E-state index is 0.0511. The van der Waals surface area contributed by atoms with E-state index < -0.39 is 0 Å². The Morgan fingerprint density at radius 3 is 2.91 bits per heavy atom. The normalized spacial score (nSPS) is 22.8. The van der Waals surface area contributed by atoms with Crippen LogP contribution in [0.2, 0.25) is 0 Å². The Bertz CT molecular complexity index is 709. The lowest BCUT2D eigenvalue weighted by atomic mass is 10.0. The highest BCUT2D eigenvalue weighted by molar-refractivity contribution is 8.05. The largest absolute Gasteiger partial charge is 0.390 e. The summed E-state index contributed by atoms with van der Waals surface area (Å²) in [6, 6.07) is 9.28. The van der Waals surface area contributed by atoms with Gasteiger partial charge in [-0.2, -0.15) is 5.26 Å². The molecular formula is C16H14ClN3O2S. The zero-order valence-corrected chi connectivity index (χ0v) is 13.7. The number of carbonyl (C=O) groups is 1. The summed E-state index contributed by atoms with van der Waals surface area (Å²) in [5.74, 6) is -0.117. The number of nitrogens with one attached hydrogen (secondary N) is 1. The summed E-state index contributed by atoms with van der Waals surface area (Å²) >= 11 is 7.33. The van der Waals surface area contributed by atoms with Crippen LogP contribution >= 0.6 is 23.4 Å². The second kappa shape index (κ2) is 7.07. The van der Waals surface area contributed by atoms with Crippen LogP contribution in [0, 0.1) is 11.3 Å². The van der Waals surface area contributed by atoms with Crippen LogP contribution in [-0.4, -0.2) is 29.0 Å². The van der Waals surface area contributed by atoms with Crippen molar-refractivity contribution in [1.29, 1.82) is 5.26 Å². The van der Waals surface area contributed by atoms with E-state index in [-0.39, 0.29) is 16.7 Å². The maximum Gasteiger partial charge on any atom is 0.257 e. The molecule has 0 spiro atoms. The third-order valence-electron chi connectivity index (χ3n) is 3.54. The highest BCUT2D eigenvalue weighted by atomic mass is 35.5. The van der Waals surface area contributed by atoms with Gasteiger partial charge in [-0.25, -0.2) is 0 Å². The molecule has 0 aromatic heterocycles. The molecule has 0 fully saturated rings. The number of halogens is 1. The van der Waals surface area contributed by atoms with Gasteiger partial charge < -0.3 is 10.2 Å². The second-order valence-electron chi connectivity index (χ2n) is 5.20. The lowest BCUT2D eigenvalue weighted by Gasteiger charge is -2.10. The van der Waals surface area contributed by atoms with E-state index in [0.29, 0.717) is 29.9 Å². The van der Waals surface area contributed by atoms with Gasteiger partial charge in [-0.05, 0) is 24.1 Å². The highest BCUT2D eigenvalue weighted by Gasteiger charge is 2.25. The Balaban J connectivity index is 1.49. The van der Waals surface area contributed by atoms with Crippen LogP contribution in [0.4, 0.5) is 0 Å². The topological polar surface area (TPSA) is 74.5 Å². The molecule has 0 saturated carbocycles. The van der Waals surface area contributed by atoms with E-state index in [0.717, 1.165) is 11.3 Å². The molecule has 7 heteroatoms. The Hall–Kier alpha value is -1.97. The maximum atomic E-state index is 12.0. The molecule has 2 aliphatic heterocycles. The molecule has 1 amide bonds. The molecule has 2 unspecified atom stereocenters. The Morgan fingerprint density at radius 2 is 2.26 bits per heavy atom. The number of hydrogen-bond donors (Lipinski definition) is 1. The summed E-state index contributed by atoms with van der Waals surface area (Å²) < 4.78 is -0.0511. The average Bonchev–Trinajstić information content (AvgIpc) is 3.22. The van der Waals surface area contributed by atoms with Crippen molar-refractivity contribution < 1.29 is 9.63 Å². The first-order valence-corrected chi connectivity index (χ1v) is 8.49. The van der Waals surface area contributed by atoms with Crippen molar-refractivity contribution in [2.24, 2.45) is 5.16 Å². The van der Waals surface area contributed by atoms with E-state index in [4.69, 9.17) is 21.7 Å². The number of amides is 1.